The molecule has 0 spiro atoms. The van der Waals surface area contributed by atoms with E-state index in [1.807, 2.05) is 6.92 Å². The van der Waals surface area contributed by atoms with Gasteiger partial charge in [-0.25, -0.2) is 4.79 Å². The molecule has 2 saturated carbocycles. The van der Waals surface area contributed by atoms with Gasteiger partial charge < -0.3 is 9.84 Å². The number of carbonyl (C=O) groups excluding carboxylic acids is 1. The van der Waals surface area contributed by atoms with E-state index in [1.165, 1.54) is 0 Å². The third-order valence-corrected chi connectivity index (χ3v) is 5.51. The topological polar surface area (TPSA) is 46.5 Å². The molecule has 1 heterocycles. The fraction of sp³-hybridized carbons (Fsp3) is 0.800. The Labute approximate surface area is 108 Å². The molecule has 100 valence electrons. The van der Waals surface area contributed by atoms with Crippen LogP contribution in [0.5, 0.6) is 0 Å². The Morgan fingerprint density at radius 2 is 2.11 bits per heavy atom. The summed E-state index contributed by atoms with van der Waals surface area (Å²) in [5.41, 5.74) is -0.238. The number of hydrogen-bond donors (Lipinski definition) is 1. The van der Waals surface area contributed by atoms with E-state index >= 15 is 0 Å². The van der Waals surface area contributed by atoms with Crippen molar-refractivity contribution in [2.45, 2.75) is 51.2 Å². The van der Waals surface area contributed by atoms with Gasteiger partial charge in [0, 0.05) is 11.5 Å². The summed E-state index contributed by atoms with van der Waals surface area (Å²) in [6.07, 6.45) is 3.62. The lowest BCUT2D eigenvalue weighted by atomic mass is 9.55. The van der Waals surface area contributed by atoms with Crippen molar-refractivity contribution in [3.8, 4) is 0 Å². The molecule has 0 aromatic carbocycles. The van der Waals surface area contributed by atoms with Gasteiger partial charge >= 0.3 is 5.97 Å². The lowest BCUT2D eigenvalue weighted by molar-refractivity contribution is -0.204. The average Bonchev–Trinajstić information content (AvgIpc) is 2.31. The molecule has 1 saturated heterocycles. The molecule has 3 rings (SSSR count). The molecule has 2 aliphatic carbocycles. The zero-order valence-electron chi connectivity index (χ0n) is 11.2. The lowest BCUT2D eigenvalue weighted by Crippen LogP contribution is -2.60. The highest BCUT2D eigenvalue weighted by Gasteiger charge is 2.57. The Kier molecular flexibility index (Phi) is 2.60. The van der Waals surface area contributed by atoms with Crippen LogP contribution in [0, 0.1) is 23.7 Å². The van der Waals surface area contributed by atoms with Crippen LogP contribution in [0.25, 0.3) is 0 Å². The Bertz CT molecular complexity index is 399. The summed E-state index contributed by atoms with van der Waals surface area (Å²) >= 11 is 0. The molecular weight excluding hydrogens is 228 g/mol. The smallest absolute Gasteiger partial charge is 0.334 e. The van der Waals surface area contributed by atoms with E-state index in [-0.39, 0.29) is 23.9 Å². The van der Waals surface area contributed by atoms with E-state index in [9.17, 15) is 9.90 Å². The minimum absolute atomic E-state index is 0.226. The van der Waals surface area contributed by atoms with Crippen molar-refractivity contribution >= 4 is 5.97 Å². The quantitative estimate of drug-likeness (QED) is 0.530. The summed E-state index contributed by atoms with van der Waals surface area (Å²) < 4.78 is 5.51. The average molecular weight is 250 g/mol. The summed E-state index contributed by atoms with van der Waals surface area (Å²) in [6, 6.07) is 0. The largest absolute Gasteiger partial charge is 0.456 e. The first-order valence-corrected chi connectivity index (χ1v) is 7.04. The fourth-order valence-corrected chi connectivity index (χ4v) is 4.41. The van der Waals surface area contributed by atoms with Gasteiger partial charge in [-0.2, -0.15) is 0 Å². The molecule has 3 heteroatoms. The number of aliphatic hydroxyl groups is 1. The molecular formula is C15H22O3. The summed E-state index contributed by atoms with van der Waals surface area (Å²) in [5.74, 6) is 1.44. The third-order valence-electron chi connectivity index (χ3n) is 5.51. The van der Waals surface area contributed by atoms with Crippen molar-refractivity contribution in [2.24, 2.45) is 23.7 Å². The second-order valence-corrected chi connectivity index (χ2v) is 6.65. The van der Waals surface area contributed by atoms with Crippen LogP contribution in [0.15, 0.2) is 12.2 Å². The zero-order chi connectivity index (χ0) is 13.1. The predicted molar refractivity (Wildman–Crippen MR) is 67.7 cm³/mol. The number of carbonyl (C=O) groups is 1. The SMILES string of the molecule is C=C1C(=O)OC2C3C1CCC(C)C3CCC2(C)O. The lowest BCUT2D eigenvalue weighted by Gasteiger charge is -2.55. The highest BCUT2D eigenvalue weighted by atomic mass is 16.6. The molecule has 0 aromatic rings. The van der Waals surface area contributed by atoms with Crippen molar-refractivity contribution in [1.82, 2.24) is 0 Å². The van der Waals surface area contributed by atoms with E-state index in [1.54, 1.807) is 0 Å². The Balaban J connectivity index is 2.00. The minimum atomic E-state index is -0.868. The first-order valence-electron chi connectivity index (χ1n) is 7.04. The number of ether oxygens (including phenoxy) is 1. The molecule has 0 aromatic heterocycles. The summed E-state index contributed by atoms with van der Waals surface area (Å²) in [5, 5.41) is 10.5. The maximum absolute atomic E-state index is 11.9. The van der Waals surface area contributed by atoms with Crippen LogP contribution in [0.2, 0.25) is 0 Å². The number of esters is 1. The Morgan fingerprint density at radius 3 is 2.83 bits per heavy atom. The van der Waals surface area contributed by atoms with E-state index in [4.69, 9.17) is 4.74 Å². The van der Waals surface area contributed by atoms with Gasteiger partial charge in [0.15, 0.2) is 0 Å². The van der Waals surface area contributed by atoms with Crippen LogP contribution < -0.4 is 0 Å². The molecule has 3 fully saturated rings. The molecule has 18 heavy (non-hydrogen) atoms. The molecule has 1 aliphatic heterocycles. The molecule has 0 radical (unpaired) electrons. The van der Waals surface area contributed by atoms with Crippen molar-refractivity contribution < 1.29 is 14.6 Å². The molecule has 6 unspecified atom stereocenters. The highest BCUT2D eigenvalue weighted by molar-refractivity contribution is 5.89. The van der Waals surface area contributed by atoms with Crippen LogP contribution in [0.4, 0.5) is 0 Å². The molecule has 3 nitrogen and oxygen atoms in total. The van der Waals surface area contributed by atoms with Crippen molar-refractivity contribution in [3.63, 3.8) is 0 Å². The first kappa shape index (κ1) is 12.2. The van der Waals surface area contributed by atoms with Crippen LogP contribution >= 0.6 is 0 Å². The summed E-state index contributed by atoms with van der Waals surface area (Å²) in [4.78, 5) is 11.9. The van der Waals surface area contributed by atoms with Crippen LogP contribution in [-0.4, -0.2) is 22.8 Å². The van der Waals surface area contributed by atoms with E-state index in [0.29, 0.717) is 17.4 Å². The van der Waals surface area contributed by atoms with Crippen molar-refractivity contribution in [3.05, 3.63) is 12.2 Å². The Hall–Kier alpha value is -0.830. The van der Waals surface area contributed by atoms with Gasteiger partial charge in [-0.3, -0.25) is 0 Å². The molecule has 1 N–H and O–H groups in total. The summed E-state index contributed by atoms with van der Waals surface area (Å²) in [6.45, 7) is 8.02. The van der Waals surface area contributed by atoms with Gasteiger partial charge in [-0.1, -0.05) is 13.5 Å². The number of rotatable bonds is 0. The maximum Gasteiger partial charge on any atom is 0.334 e. The van der Waals surface area contributed by atoms with Gasteiger partial charge in [0.25, 0.3) is 0 Å². The maximum atomic E-state index is 11.9. The number of hydrogen-bond acceptors (Lipinski definition) is 3. The molecule has 6 atom stereocenters. The van der Waals surface area contributed by atoms with Gasteiger partial charge in [0.05, 0.1) is 5.60 Å². The van der Waals surface area contributed by atoms with E-state index < -0.39 is 5.60 Å². The highest BCUT2D eigenvalue weighted by Crippen LogP contribution is 2.54. The van der Waals surface area contributed by atoms with Crippen LogP contribution in [-0.2, 0) is 9.53 Å². The summed E-state index contributed by atoms with van der Waals surface area (Å²) in [7, 11) is 0. The van der Waals surface area contributed by atoms with Crippen LogP contribution in [0.1, 0.15) is 39.5 Å². The molecule has 3 aliphatic rings. The predicted octanol–water partition coefficient (Wildman–Crippen LogP) is 2.29. The Morgan fingerprint density at radius 1 is 1.39 bits per heavy atom. The normalized spacial score (nSPS) is 51.6. The van der Waals surface area contributed by atoms with Crippen molar-refractivity contribution in [2.75, 3.05) is 0 Å². The molecule has 0 amide bonds. The fourth-order valence-electron chi connectivity index (χ4n) is 4.41. The minimum Gasteiger partial charge on any atom is -0.456 e. The zero-order valence-corrected chi connectivity index (χ0v) is 11.2. The standard InChI is InChI=1S/C15H22O3/c1-8-4-5-11-9(2)14(16)18-13-12(11)10(8)6-7-15(13,3)17/h8,10-13,17H,2,4-7H2,1,3H3. The molecule has 0 bridgehead atoms. The van der Waals surface area contributed by atoms with E-state index in [2.05, 4.69) is 13.5 Å². The van der Waals surface area contributed by atoms with Crippen molar-refractivity contribution in [1.29, 1.82) is 0 Å². The second kappa shape index (κ2) is 3.83. The first-order chi connectivity index (χ1) is 8.42. The second-order valence-electron chi connectivity index (χ2n) is 6.65. The third kappa shape index (κ3) is 1.56. The van der Waals surface area contributed by atoms with E-state index in [0.717, 1.165) is 25.7 Å². The van der Waals surface area contributed by atoms with Gasteiger partial charge in [0.1, 0.15) is 6.10 Å². The van der Waals surface area contributed by atoms with Gasteiger partial charge in [0.2, 0.25) is 0 Å². The van der Waals surface area contributed by atoms with Gasteiger partial charge in [-0.05, 0) is 50.4 Å². The monoisotopic (exact) mass is 250 g/mol. The van der Waals surface area contributed by atoms with Crippen LogP contribution in [0.3, 0.4) is 0 Å². The van der Waals surface area contributed by atoms with Gasteiger partial charge in [-0.15, -0.1) is 0 Å².